The molecule has 0 amide bonds. The third kappa shape index (κ3) is 3.16. The molecular weight excluding hydrogens is 242 g/mol. The minimum absolute atomic E-state index is 0.0674. The summed E-state index contributed by atoms with van der Waals surface area (Å²) in [5, 5.41) is 4.28. The van der Waals surface area contributed by atoms with Crippen LogP contribution in [-0.4, -0.2) is 23.0 Å². The van der Waals surface area contributed by atoms with Gasteiger partial charge in [-0.25, -0.2) is 0 Å². The van der Waals surface area contributed by atoms with Crippen LogP contribution in [0.3, 0.4) is 0 Å². The van der Waals surface area contributed by atoms with Crippen molar-refractivity contribution in [2.75, 3.05) is 7.05 Å². The topological polar surface area (TPSA) is 42.1 Å². The van der Waals surface area contributed by atoms with Gasteiger partial charge in [-0.2, -0.15) is 11.3 Å². The molecule has 0 radical (unpaired) electrons. The average Bonchev–Trinajstić information content (AvgIpc) is 2.83. The normalized spacial score (nSPS) is 14.7. The fourth-order valence-electron chi connectivity index (χ4n) is 2.28. The molecule has 0 aliphatic heterocycles. The van der Waals surface area contributed by atoms with E-state index < -0.39 is 0 Å². The van der Waals surface area contributed by atoms with Crippen molar-refractivity contribution in [2.24, 2.45) is 5.73 Å². The van der Waals surface area contributed by atoms with E-state index in [9.17, 15) is 0 Å². The molecule has 2 heterocycles. The van der Waals surface area contributed by atoms with Gasteiger partial charge in [0.05, 0.1) is 6.04 Å². The highest BCUT2D eigenvalue weighted by molar-refractivity contribution is 7.07. The third-order valence-electron chi connectivity index (χ3n) is 3.01. The molecule has 0 saturated carbocycles. The third-order valence-corrected chi connectivity index (χ3v) is 3.74. The van der Waals surface area contributed by atoms with E-state index >= 15 is 0 Å². The van der Waals surface area contributed by atoms with Crippen LogP contribution in [0.15, 0.2) is 41.4 Å². The second-order valence-corrected chi connectivity index (χ2v) is 5.42. The standard InChI is InChI=1S/C14H19N3S/c1-11(15)14(13-4-3-6-16-8-13)17(2)9-12-5-7-18-10-12/h3-8,10-11,14H,9,15H2,1-2H3. The van der Waals surface area contributed by atoms with Crippen LogP contribution in [-0.2, 0) is 6.54 Å². The molecule has 2 atom stereocenters. The highest BCUT2D eigenvalue weighted by Gasteiger charge is 2.21. The molecule has 2 aromatic heterocycles. The minimum atomic E-state index is 0.0674. The number of hydrogen-bond acceptors (Lipinski definition) is 4. The molecule has 3 nitrogen and oxygen atoms in total. The van der Waals surface area contributed by atoms with Crippen LogP contribution in [0.4, 0.5) is 0 Å². The van der Waals surface area contributed by atoms with E-state index in [0.29, 0.717) is 0 Å². The summed E-state index contributed by atoms with van der Waals surface area (Å²) < 4.78 is 0. The Morgan fingerprint density at radius 2 is 2.28 bits per heavy atom. The van der Waals surface area contributed by atoms with Crippen molar-refractivity contribution in [1.82, 2.24) is 9.88 Å². The number of likely N-dealkylation sites (N-methyl/N-ethyl adjacent to an activating group) is 1. The Morgan fingerprint density at radius 1 is 1.44 bits per heavy atom. The van der Waals surface area contributed by atoms with Crippen molar-refractivity contribution < 1.29 is 0 Å². The van der Waals surface area contributed by atoms with Crippen molar-refractivity contribution in [3.63, 3.8) is 0 Å². The van der Waals surface area contributed by atoms with E-state index in [1.54, 1.807) is 17.5 Å². The van der Waals surface area contributed by atoms with Gasteiger partial charge in [-0.15, -0.1) is 0 Å². The minimum Gasteiger partial charge on any atom is -0.326 e. The molecule has 2 aromatic rings. The molecule has 0 aliphatic carbocycles. The van der Waals surface area contributed by atoms with E-state index in [-0.39, 0.29) is 12.1 Å². The highest BCUT2D eigenvalue weighted by Crippen LogP contribution is 2.23. The molecule has 0 aliphatic rings. The summed E-state index contributed by atoms with van der Waals surface area (Å²) >= 11 is 1.73. The number of pyridine rings is 1. The van der Waals surface area contributed by atoms with Gasteiger partial charge in [0.25, 0.3) is 0 Å². The Bertz CT molecular complexity index is 453. The quantitative estimate of drug-likeness (QED) is 0.899. The predicted octanol–water partition coefficient (Wildman–Crippen LogP) is 2.66. The van der Waals surface area contributed by atoms with Gasteiger partial charge in [0.15, 0.2) is 0 Å². The summed E-state index contributed by atoms with van der Waals surface area (Å²) in [5.41, 5.74) is 8.63. The van der Waals surface area contributed by atoms with Crippen molar-refractivity contribution in [3.05, 3.63) is 52.5 Å². The molecule has 0 aromatic carbocycles. The highest BCUT2D eigenvalue weighted by atomic mass is 32.1. The summed E-state index contributed by atoms with van der Waals surface area (Å²) in [7, 11) is 2.11. The summed E-state index contributed by atoms with van der Waals surface area (Å²) in [6, 6.07) is 6.47. The fraction of sp³-hybridized carbons (Fsp3) is 0.357. The Labute approximate surface area is 112 Å². The Balaban J connectivity index is 2.15. The maximum atomic E-state index is 6.13. The molecule has 18 heavy (non-hydrogen) atoms. The summed E-state index contributed by atoms with van der Waals surface area (Å²) in [4.78, 5) is 6.47. The molecule has 0 fully saturated rings. The SMILES string of the molecule is CC(N)C(c1cccnc1)N(C)Cc1ccsc1. The van der Waals surface area contributed by atoms with E-state index in [1.807, 2.05) is 19.2 Å². The molecule has 2 N–H and O–H groups in total. The summed E-state index contributed by atoms with van der Waals surface area (Å²) in [5.74, 6) is 0. The van der Waals surface area contributed by atoms with Crippen LogP contribution in [0, 0.1) is 0 Å². The van der Waals surface area contributed by atoms with Gasteiger partial charge in [-0.05, 0) is 48.0 Å². The van der Waals surface area contributed by atoms with E-state index in [0.717, 1.165) is 6.54 Å². The molecule has 96 valence electrons. The predicted molar refractivity (Wildman–Crippen MR) is 76.4 cm³/mol. The first kappa shape index (κ1) is 13.2. The first-order valence-corrected chi connectivity index (χ1v) is 6.99. The molecule has 2 rings (SSSR count). The van der Waals surface area contributed by atoms with Gasteiger partial charge < -0.3 is 5.73 Å². The summed E-state index contributed by atoms with van der Waals surface area (Å²) in [6.45, 7) is 2.95. The largest absolute Gasteiger partial charge is 0.326 e. The first-order valence-electron chi connectivity index (χ1n) is 6.05. The average molecular weight is 261 g/mol. The van der Waals surface area contributed by atoms with Crippen LogP contribution >= 0.6 is 11.3 Å². The van der Waals surface area contributed by atoms with Crippen LogP contribution in [0.2, 0.25) is 0 Å². The fourth-order valence-corrected chi connectivity index (χ4v) is 2.94. The lowest BCUT2D eigenvalue weighted by Crippen LogP contribution is -2.36. The lowest BCUT2D eigenvalue weighted by atomic mass is 10.0. The Hall–Kier alpha value is -1.23. The number of nitrogens with two attached hydrogens (primary N) is 1. The molecule has 2 unspecified atom stereocenters. The van der Waals surface area contributed by atoms with E-state index in [1.165, 1.54) is 11.1 Å². The van der Waals surface area contributed by atoms with Gasteiger partial charge in [-0.3, -0.25) is 9.88 Å². The van der Waals surface area contributed by atoms with Crippen LogP contribution in [0.5, 0.6) is 0 Å². The zero-order valence-electron chi connectivity index (χ0n) is 10.8. The monoisotopic (exact) mass is 261 g/mol. The van der Waals surface area contributed by atoms with Crippen LogP contribution in [0.25, 0.3) is 0 Å². The first-order chi connectivity index (χ1) is 8.68. The van der Waals surface area contributed by atoms with Gasteiger partial charge in [0, 0.05) is 25.0 Å². The zero-order chi connectivity index (χ0) is 13.0. The molecular formula is C14H19N3S. The number of hydrogen-bond donors (Lipinski definition) is 1. The number of aromatic nitrogens is 1. The maximum absolute atomic E-state index is 6.13. The zero-order valence-corrected chi connectivity index (χ0v) is 11.6. The van der Waals surface area contributed by atoms with Gasteiger partial charge >= 0.3 is 0 Å². The molecule has 4 heteroatoms. The number of rotatable bonds is 5. The smallest absolute Gasteiger partial charge is 0.0512 e. The molecule has 0 spiro atoms. The van der Waals surface area contributed by atoms with Gasteiger partial charge in [-0.1, -0.05) is 6.07 Å². The molecule has 0 bridgehead atoms. The Morgan fingerprint density at radius 3 is 2.83 bits per heavy atom. The van der Waals surface area contributed by atoms with Gasteiger partial charge in [0.1, 0.15) is 0 Å². The second-order valence-electron chi connectivity index (χ2n) is 4.64. The maximum Gasteiger partial charge on any atom is 0.0512 e. The number of nitrogens with zero attached hydrogens (tertiary/aromatic N) is 2. The second kappa shape index (κ2) is 6.09. The van der Waals surface area contributed by atoms with Gasteiger partial charge in [0.2, 0.25) is 0 Å². The van der Waals surface area contributed by atoms with E-state index in [4.69, 9.17) is 5.73 Å². The van der Waals surface area contributed by atoms with Crippen molar-refractivity contribution in [1.29, 1.82) is 0 Å². The van der Waals surface area contributed by atoms with Crippen molar-refractivity contribution in [3.8, 4) is 0 Å². The lowest BCUT2D eigenvalue weighted by molar-refractivity contribution is 0.211. The lowest BCUT2D eigenvalue weighted by Gasteiger charge is -2.31. The van der Waals surface area contributed by atoms with Crippen molar-refractivity contribution in [2.45, 2.75) is 25.6 Å². The van der Waals surface area contributed by atoms with Crippen molar-refractivity contribution >= 4 is 11.3 Å². The van der Waals surface area contributed by atoms with Crippen LogP contribution in [0.1, 0.15) is 24.1 Å². The Kier molecular flexibility index (Phi) is 4.47. The number of thiophene rings is 1. The summed E-state index contributed by atoms with van der Waals surface area (Å²) in [6.07, 6.45) is 3.69. The van der Waals surface area contributed by atoms with E-state index in [2.05, 4.69) is 39.8 Å². The van der Waals surface area contributed by atoms with Crippen LogP contribution < -0.4 is 5.73 Å². The molecule has 0 saturated heterocycles.